The molecule has 0 amide bonds. The van der Waals surface area contributed by atoms with E-state index in [0.717, 1.165) is 6.42 Å². The Labute approximate surface area is 109 Å². The molecule has 17 heavy (non-hydrogen) atoms. The van der Waals surface area contributed by atoms with E-state index in [4.69, 9.17) is 0 Å². The minimum Gasteiger partial charge on any atom is -0.103 e. The zero-order valence-corrected chi connectivity index (χ0v) is 14.0. The molecule has 94 valence electrons. The molecule has 1 aromatic rings. The van der Waals surface area contributed by atoms with Crippen molar-refractivity contribution in [2.75, 3.05) is 0 Å². The van der Waals surface area contributed by atoms with Gasteiger partial charge >= 0.3 is 0 Å². The molecule has 0 bridgehead atoms. The van der Waals surface area contributed by atoms with E-state index in [0.29, 0.717) is 0 Å². The molecule has 0 aliphatic carbocycles. The average Bonchev–Trinajstić information content (AvgIpc) is 2.19. The smallest absolute Gasteiger partial charge is 0.0454 e. The van der Waals surface area contributed by atoms with Gasteiger partial charge in [0.25, 0.3) is 0 Å². The third-order valence-electron chi connectivity index (χ3n) is 4.08. The monoisotopic (exact) mass is 262 g/mol. The second-order valence-corrected chi connectivity index (χ2v) is 23.8. The van der Waals surface area contributed by atoms with Gasteiger partial charge in [0.2, 0.25) is 0 Å². The SMILES string of the molecule is C=CCc1ccc(C[Si](C)(C)[Si](C)(C)C)cc1. The summed E-state index contributed by atoms with van der Waals surface area (Å²) in [5.41, 5.74) is 2.90. The minimum atomic E-state index is -1.06. The first-order valence-corrected chi connectivity index (χ1v) is 14.2. The molecule has 2 heteroatoms. The van der Waals surface area contributed by atoms with Gasteiger partial charge in [-0.2, -0.15) is 0 Å². The second kappa shape index (κ2) is 5.36. The lowest BCUT2D eigenvalue weighted by molar-refractivity contribution is 1.24. The Hall–Kier alpha value is -0.606. The van der Waals surface area contributed by atoms with Crippen molar-refractivity contribution in [1.82, 2.24) is 0 Å². The Kier molecular flexibility index (Phi) is 4.56. The van der Waals surface area contributed by atoms with Crippen molar-refractivity contribution in [1.29, 1.82) is 0 Å². The largest absolute Gasteiger partial charge is 0.103 e. The van der Waals surface area contributed by atoms with E-state index in [9.17, 15) is 0 Å². The van der Waals surface area contributed by atoms with Crippen molar-refractivity contribution >= 4 is 15.2 Å². The number of hydrogen-bond donors (Lipinski definition) is 0. The first kappa shape index (κ1) is 14.5. The van der Waals surface area contributed by atoms with E-state index in [1.165, 1.54) is 17.2 Å². The minimum absolute atomic E-state index is 0.974. The van der Waals surface area contributed by atoms with Crippen molar-refractivity contribution in [3.05, 3.63) is 48.0 Å². The Morgan fingerprint density at radius 3 is 1.82 bits per heavy atom. The maximum absolute atomic E-state index is 3.78. The van der Waals surface area contributed by atoms with Crippen LogP contribution in [0.4, 0.5) is 0 Å². The Balaban J connectivity index is 2.79. The maximum atomic E-state index is 3.78. The first-order chi connectivity index (χ1) is 7.76. The predicted octanol–water partition coefficient (Wildman–Crippen LogP) is 4.62. The normalized spacial score (nSPS) is 12.5. The molecule has 1 aromatic carbocycles. The summed E-state index contributed by atoms with van der Waals surface area (Å²) in [5.74, 6) is 0. The van der Waals surface area contributed by atoms with Gasteiger partial charge in [0, 0.05) is 15.2 Å². The standard InChI is InChI=1S/C15H26Si2/c1-7-8-14-9-11-15(12-10-14)13-17(5,6)16(2,3)4/h7,9-12H,1,8,13H2,2-6H3. The molecule has 0 unspecified atom stereocenters. The summed E-state index contributed by atoms with van der Waals surface area (Å²) in [6, 6.07) is 10.5. The van der Waals surface area contributed by atoms with Crippen molar-refractivity contribution in [2.24, 2.45) is 0 Å². The van der Waals surface area contributed by atoms with Crippen LogP contribution in [0.1, 0.15) is 11.1 Å². The number of benzene rings is 1. The van der Waals surface area contributed by atoms with Crippen LogP contribution in [0.25, 0.3) is 0 Å². The van der Waals surface area contributed by atoms with Crippen molar-refractivity contribution in [3.63, 3.8) is 0 Å². The van der Waals surface area contributed by atoms with Gasteiger partial charge in [-0.1, -0.05) is 68.6 Å². The lowest BCUT2D eigenvalue weighted by Crippen LogP contribution is -2.54. The molecule has 0 saturated heterocycles. The van der Waals surface area contributed by atoms with Gasteiger partial charge in [0.1, 0.15) is 0 Å². The Bertz CT molecular complexity index is 369. The highest BCUT2D eigenvalue weighted by atomic mass is 29.3. The van der Waals surface area contributed by atoms with Crippen molar-refractivity contribution < 1.29 is 0 Å². The van der Waals surface area contributed by atoms with Crippen LogP contribution in [0.3, 0.4) is 0 Å². The van der Waals surface area contributed by atoms with Crippen LogP contribution in [0.2, 0.25) is 32.7 Å². The van der Waals surface area contributed by atoms with Crippen LogP contribution in [-0.2, 0) is 12.5 Å². The molecule has 1 rings (SSSR count). The fraction of sp³-hybridized carbons (Fsp3) is 0.467. The van der Waals surface area contributed by atoms with E-state index in [-0.39, 0.29) is 0 Å². The van der Waals surface area contributed by atoms with Crippen LogP contribution in [0.15, 0.2) is 36.9 Å². The Morgan fingerprint density at radius 1 is 0.941 bits per heavy atom. The highest BCUT2D eigenvalue weighted by Crippen LogP contribution is 2.23. The van der Waals surface area contributed by atoms with E-state index in [1.807, 2.05) is 6.08 Å². The summed E-state index contributed by atoms with van der Waals surface area (Å²) in [4.78, 5) is 0. The molecule has 0 nitrogen and oxygen atoms in total. The zero-order valence-electron chi connectivity index (χ0n) is 12.0. The lowest BCUT2D eigenvalue weighted by Gasteiger charge is -2.35. The molecule has 0 aliphatic heterocycles. The highest BCUT2D eigenvalue weighted by Gasteiger charge is 2.36. The second-order valence-electron chi connectivity index (χ2n) is 6.62. The van der Waals surface area contributed by atoms with Gasteiger partial charge in [0.15, 0.2) is 0 Å². The number of allylic oxidation sites excluding steroid dienone is 1. The maximum Gasteiger partial charge on any atom is 0.0454 e. The fourth-order valence-electron chi connectivity index (χ4n) is 1.74. The third-order valence-corrected chi connectivity index (χ3v) is 22.1. The van der Waals surface area contributed by atoms with E-state index < -0.39 is 15.2 Å². The molecule has 0 saturated carbocycles. The summed E-state index contributed by atoms with van der Waals surface area (Å²) >= 11 is 0. The summed E-state index contributed by atoms with van der Waals surface area (Å²) in [5, 5.41) is 0. The highest BCUT2D eigenvalue weighted by molar-refractivity contribution is 7.40. The van der Waals surface area contributed by atoms with E-state index >= 15 is 0 Å². The Morgan fingerprint density at radius 2 is 1.41 bits per heavy atom. The average molecular weight is 263 g/mol. The van der Waals surface area contributed by atoms with Crippen LogP contribution >= 0.6 is 0 Å². The number of rotatable bonds is 5. The quantitative estimate of drug-likeness (QED) is 0.536. The van der Waals surface area contributed by atoms with Gasteiger partial charge in [-0.05, 0) is 18.0 Å². The molecule has 0 fully saturated rings. The van der Waals surface area contributed by atoms with Crippen LogP contribution in [0, 0.1) is 0 Å². The topological polar surface area (TPSA) is 0 Å². The molecular formula is C15H26Si2. The van der Waals surface area contributed by atoms with Gasteiger partial charge in [-0.25, -0.2) is 0 Å². The summed E-state index contributed by atoms with van der Waals surface area (Å²) in [6.07, 6.45) is 2.95. The molecule has 0 heterocycles. The fourth-order valence-corrected chi connectivity index (χ4v) is 5.73. The molecule has 0 atom stereocenters. The summed E-state index contributed by atoms with van der Waals surface area (Å²) < 4.78 is 0. The summed E-state index contributed by atoms with van der Waals surface area (Å²) in [6.45, 7) is 16.4. The third kappa shape index (κ3) is 3.96. The van der Waals surface area contributed by atoms with Crippen LogP contribution in [0.5, 0.6) is 0 Å². The van der Waals surface area contributed by atoms with Crippen LogP contribution < -0.4 is 0 Å². The predicted molar refractivity (Wildman–Crippen MR) is 84.9 cm³/mol. The van der Waals surface area contributed by atoms with Crippen LogP contribution in [-0.4, -0.2) is 15.2 Å². The molecule has 0 spiro atoms. The van der Waals surface area contributed by atoms with Crippen molar-refractivity contribution in [2.45, 2.75) is 45.2 Å². The molecule has 0 N–H and O–H groups in total. The first-order valence-electron chi connectivity index (χ1n) is 6.45. The molecule has 0 radical (unpaired) electrons. The van der Waals surface area contributed by atoms with Crippen molar-refractivity contribution in [3.8, 4) is 0 Å². The number of hydrogen-bond acceptors (Lipinski definition) is 0. The van der Waals surface area contributed by atoms with E-state index in [1.54, 1.807) is 0 Å². The van der Waals surface area contributed by atoms with Gasteiger partial charge in [0.05, 0.1) is 0 Å². The molecule has 0 aliphatic rings. The molecule has 0 aromatic heterocycles. The summed E-state index contributed by atoms with van der Waals surface area (Å²) in [7, 11) is -2.04. The molecular weight excluding hydrogens is 236 g/mol. The van der Waals surface area contributed by atoms with Gasteiger partial charge in [-0.15, -0.1) is 6.58 Å². The van der Waals surface area contributed by atoms with Gasteiger partial charge in [-0.3, -0.25) is 0 Å². The van der Waals surface area contributed by atoms with E-state index in [2.05, 4.69) is 63.6 Å². The lowest BCUT2D eigenvalue weighted by atomic mass is 10.1. The zero-order chi connectivity index (χ0) is 13.1. The van der Waals surface area contributed by atoms with Gasteiger partial charge < -0.3 is 0 Å².